The van der Waals surface area contributed by atoms with Gasteiger partial charge in [0.05, 0.1) is 6.61 Å². The van der Waals surface area contributed by atoms with E-state index in [9.17, 15) is 5.11 Å². The summed E-state index contributed by atoms with van der Waals surface area (Å²) >= 11 is 0. The topological polar surface area (TPSA) is 23.5 Å². The van der Waals surface area contributed by atoms with Crippen LogP contribution >= 0.6 is 0 Å². The molecule has 0 unspecified atom stereocenters. The Balaban J connectivity index is 3.20. The largest absolute Gasteiger partial charge is 0.395 e. The molecule has 0 spiro atoms. The first-order valence-electron chi connectivity index (χ1n) is 4.87. The lowest BCUT2D eigenvalue weighted by Crippen LogP contribution is -2.25. The third-order valence-corrected chi connectivity index (χ3v) is 2.51. The zero-order valence-corrected chi connectivity index (χ0v) is 9.41. The van der Waals surface area contributed by atoms with Crippen LogP contribution in [0.15, 0.2) is 24.3 Å². The zero-order valence-electron chi connectivity index (χ0n) is 9.41. The summed E-state index contributed by atoms with van der Waals surface area (Å²) in [5.41, 5.74) is 2.18. The summed E-state index contributed by atoms with van der Waals surface area (Å²) in [6.45, 7) is 4.27. The van der Waals surface area contributed by atoms with Gasteiger partial charge in [0.15, 0.2) is 0 Å². The third kappa shape index (κ3) is 2.07. The highest BCUT2D eigenvalue weighted by Gasteiger charge is 2.22. The van der Waals surface area contributed by atoms with Crippen LogP contribution in [0.3, 0.4) is 0 Å². The van der Waals surface area contributed by atoms with Crippen molar-refractivity contribution in [1.29, 1.82) is 0 Å². The molecule has 0 heterocycles. The van der Waals surface area contributed by atoms with Crippen molar-refractivity contribution in [2.75, 3.05) is 25.6 Å². The Morgan fingerprint density at radius 2 is 1.79 bits per heavy atom. The predicted octanol–water partition coefficient (Wildman–Crippen LogP) is 2.02. The molecule has 2 heteroatoms. The minimum absolute atomic E-state index is 0.165. The van der Waals surface area contributed by atoms with Gasteiger partial charge in [-0.25, -0.2) is 0 Å². The number of aliphatic hydroxyl groups is 1. The monoisotopic (exact) mass is 193 g/mol. The van der Waals surface area contributed by atoms with Gasteiger partial charge in [0, 0.05) is 25.2 Å². The standard InChI is InChI=1S/C12H19NO/c1-12(2,9-14)10-7-5-6-8-11(10)13(3)4/h5-8,14H,9H2,1-4H3. The number of aliphatic hydroxyl groups excluding tert-OH is 1. The van der Waals surface area contributed by atoms with E-state index in [1.54, 1.807) is 0 Å². The molecule has 0 saturated carbocycles. The zero-order chi connectivity index (χ0) is 10.8. The molecule has 78 valence electrons. The highest BCUT2D eigenvalue weighted by atomic mass is 16.3. The van der Waals surface area contributed by atoms with Crippen LogP contribution in [0.1, 0.15) is 19.4 Å². The van der Waals surface area contributed by atoms with E-state index >= 15 is 0 Å². The highest BCUT2D eigenvalue weighted by Crippen LogP contribution is 2.30. The van der Waals surface area contributed by atoms with Gasteiger partial charge in [0.1, 0.15) is 0 Å². The molecule has 0 aliphatic carbocycles. The van der Waals surface area contributed by atoms with E-state index in [0.29, 0.717) is 0 Å². The van der Waals surface area contributed by atoms with Crippen molar-refractivity contribution in [2.45, 2.75) is 19.3 Å². The molecule has 0 radical (unpaired) electrons. The molecule has 0 fully saturated rings. The Morgan fingerprint density at radius 3 is 2.29 bits per heavy atom. The molecule has 1 N–H and O–H groups in total. The van der Waals surface area contributed by atoms with Crippen molar-refractivity contribution in [3.63, 3.8) is 0 Å². The van der Waals surface area contributed by atoms with Crippen molar-refractivity contribution in [3.05, 3.63) is 29.8 Å². The van der Waals surface area contributed by atoms with Crippen molar-refractivity contribution in [3.8, 4) is 0 Å². The quantitative estimate of drug-likeness (QED) is 0.794. The van der Waals surface area contributed by atoms with Crippen molar-refractivity contribution >= 4 is 5.69 Å². The van der Waals surface area contributed by atoms with Gasteiger partial charge in [-0.2, -0.15) is 0 Å². The summed E-state index contributed by atoms with van der Waals surface area (Å²) < 4.78 is 0. The van der Waals surface area contributed by atoms with Crippen LogP contribution in [0.5, 0.6) is 0 Å². The second-order valence-corrected chi connectivity index (χ2v) is 4.45. The van der Waals surface area contributed by atoms with Gasteiger partial charge in [-0.15, -0.1) is 0 Å². The minimum atomic E-state index is -0.180. The highest BCUT2D eigenvalue weighted by molar-refractivity contribution is 5.55. The maximum atomic E-state index is 9.34. The molecule has 0 atom stereocenters. The third-order valence-electron chi connectivity index (χ3n) is 2.51. The van der Waals surface area contributed by atoms with E-state index in [-0.39, 0.29) is 12.0 Å². The molecule has 0 saturated heterocycles. The fourth-order valence-electron chi connectivity index (χ4n) is 1.52. The number of benzene rings is 1. The van der Waals surface area contributed by atoms with Crippen molar-refractivity contribution in [1.82, 2.24) is 0 Å². The number of hydrogen-bond donors (Lipinski definition) is 1. The average molecular weight is 193 g/mol. The lowest BCUT2D eigenvalue weighted by molar-refractivity contribution is 0.219. The van der Waals surface area contributed by atoms with E-state index in [0.717, 1.165) is 0 Å². The van der Waals surface area contributed by atoms with Crippen molar-refractivity contribution < 1.29 is 5.11 Å². The molecular weight excluding hydrogens is 174 g/mol. The Hall–Kier alpha value is -1.02. The predicted molar refractivity (Wildman–Crippen MR) is 60.9 cm³/mol. The van der Waals surface area contributed by atoms with Gasteiger partial charge >= 0.3 is 0 Å². The molecule has 0 amide bonds. The Morgan fingerprint density at radius 1 is 1.21 bits per heavy atom. The lowest BCUT2D eigenvalue weighted by atomic mass is 9.84. The summed E-state index contributed by atoms with van der Waals surface area (Å²) in [5, 5.41) is 9.34. The smallest absolute Gasteiger partial charge is 0.0523 e. The number of rotatable bonds is 3. The molecule has 0 bridgehead atoms. The van der Waals surface area contributed by atoms with E-state index in [2.05, 4.69) is 30.9 Å². The second kappa shape index (κ2) is 4.01. The van der Waals surface area contributed by atoms with E-state index < -0.39 is 0 Å². The minimum Gasteiger partial charge on any atom is -0.395 e. The van der Waals surface area contributed by atoms with Crippen LogP contribution in [-0.2, 0) is 5.41 Å². The van der Waals surface area contributed by atoms with Crippen LogP contribution in [0, 0.1) is 0 Å². The molecule has 0 aliphatic heterocycles. The van der Waals surface area contributed by atoms with Crippen LogP contribution in [0.4, 0.5) is 5.69 Å². The number of nitrogens with zero attached hydrogens (tertiary/aromatic N) is 1. The summed E-state index contributed by atoms with van der Waals surface area (Å²) in [7, 11) is 4.04. The SMILES string of the molecule is CN(C)c1ccccc1C(C)(C)CO. The molecule has 14 heavy (non-hydrogen) atoms. The van der Waals surface area contributed by atoms with Crippen molar-refractivity contribution in [2.24, 2.45) is 0 Å². The summed E-state index contributed by atoms with van der Waals surface area (Å²) in [4.78, 5) is 2.08. The summed E-state index contributed by atoms with van der Waals surface area (Å²) in [6, 6.07) is 8.18. The normalized spacial score (nSPS) is 11.5. The Bertz CT molecular complexity index is 305. The first kappa shape index (κ1) is 11.1. The molecule has 1 aromatic carbocycles. The summed E-state index contributed by atoms with van der Waals surface area (Å²) in [6.07, 6.45) is 0. The van der Waals surface area contributed by atoms with Gasteiger partial charge < -0.3 is 10.0 Å². The van der Waals surface area contributed by atoms with Gasteiger partial charge in [-0.05, 0) is 11.6 Å². The molecule has 2 nitrogen and oxygen atoms in total. The van der Waals surface area contributed by atoms with Gasteiger partial charge in [-0.3, -0.25) is 0 Å². The maximum absolute atomic E-state index is 9.34. The fourth-order valence-corrected chi connectivity index (χ4v) is 1.52. The molecular formula is C12H19NO. The lowest BCUT2D eigenvalue weighted by Gasteiger charge is -2.28. The average Bonchev–Trinajstić information content (AvgIpc) is 2.18. The second-order valence-electron chi connectivity index (χ2n) is 4.45. The first-order valence-corrected chi connectivity index (χ1v) is 4.87. The van der Waals surface area contributed by atoms with Crippen LogP contribution in [0.2, 0.25) is 0 Å². The van der Waals surface area contributed by atoms with E-state index in [1.807, 2.05) is 26.2 Å². The molecule has 1 aromatic rings. The van der Waals surface area contributed by atoms with E-state index in [4.69, 9.17) is 0 Å². The number of hydrogen-bond acceptors (Lipinski definition) is 2. The first-order chi connectivity index (χ1) is 6.49. The van der Waals surface area contributed by atoms with Gasteiger partial charge in [0.2, 0.25) is 0 Å². The Kier molecular flexibility index (Phi) is 3.17. The fraction of sp³-hybridized carbons (Fsp3) is 0.500. The van der Waals surface area contributed by atoms with Crippen LogP contribution in [0.25, 0.3) is 0 Å². The molecule has 0 aromatic heterocycles. The van der Waals surface area contributed by atoms with Crippen LogP contribution < -0.4 is 4.90 Å². The molecule has 1 rings (SSSR count). The summed E-state index contributed by atoms with van der Waals surface area (Å²) in [5.74, 6) is 0. The van der Waals surface area contributed by atoms with Gasteiger partial charge in [-0.1, -0.05) is 32.0 Å². The van der Waals surface area contributed by atoms with E-state index in [1.165, 1.54) is 11.3 Å². The molecule has 0 aliphatic rings. The number of anilines is 1. The Labute approximate surface area is 86.2 Å². The van der Waals surface area contributed by atoms with Crippen LogP contribution in [-0.4, -0.2) is 25.8 Å². The maximum Gasteiger partial charge on any atom is 0.0523 e. The van der Waals surface area contributed by atoms with Gasteiger partial charge in [0.25, 0.3) is 0 Å². The number of para-hydroxylation sites is 1.